The van der Waals surface area contributed by atoms with Gasteiger partial charge in [-0.2, -0.15) is 17.7 Å². The summed E-state index contributed by atoms with van der Waals surface area (Å²) < 4.78 is 33.2. The zero-order valence-corrected chi connectivity index (χ0v) is 19.1. The van der Waals surface area contributed by atoms with E-state index >= 15 is 0 Å². The zero-order chi connectivity index (χ0) is 24.7. The van der Waals surface area contributed by atoms with Crippen molar-refractivity contribution in [1.82, 2.24) is 28.6 Å². The van der Waals surface area contributed by atoms with Gasteiger partial charge in [-0.3, -0.25) is 9.20 Å². The predicted octanol–water partition coefficient (Wildman–Crippen LogP) is 1.86. The Morgan fingerprint density at radius 2 is 2.00 bits per heavy atom. The van der Waals surface area contributed by atoms with Crippen LogP contribution in [0.15, 0.2) is 53.3 Å². The summed E-state index contributed by atoms with van der Waals surface area (Å²) in [6.07, 6.45) is 1.60. The number of carboxylic acid groups (broad SMARTS) is 1. The van der Waals surface area contributed by atoms with Gasteiger partial charge in [0.1, 0.15) is 11.3 Å². The highest BCUT2D eigenvalue weighted by Gasteiger charge is 2.40. The number of anilines is 1. The zero-order valence-electron chi connectivity index (χ0n) is 18.2. The lowest BCUT2D eigenvalue weighted by Crippen LogP contribution is -2.53. The van der Waals surface area contributed by atoms with Crippen molar-refractivity contribution in [3.63, 3.8) is 0 Å². The van der Waals surface area contributed by atoms with Gasteiger partial charge in [-0.05, 0) is 30.7 Å². The Hall–Kier alpha value is -4.30. The number of fused-ring (bicyclic) bond motifs is 1. The molecule has 14 heteroatoms. The van der Waals surface area contributed by atoms with E-state index in [0.717, 1.165) is 9.87 Å². The van der Waals surface area contributed by atoms with Gasteiger partial charge >= 0.3 is 16.3 Å². The molecule has 180 valence electrons. The van der Waals surface area contributed by atoms with E-state index in [1.807, 2.05) is 25.1 Å². The molecule has 0 radical (unpaired) electrons. The van der Waals surface area contributed by atoms with Crippen molar-refractivity contribution in [3.05, 3.63) is 65.9 Å². The van der Waals surface area contributed by atoms with Crippen molar-refractivity contribution in [1.29, 1.82) is 0 Å². The second-order valence-corrected chi connectivity index (χ2v) is 9.61. The minimum atomic E-state index is -4.12. The summed E-state index contributed by atoms with van der Waals surface area (Å²) in [6, 6.07) is 10.8. The summed E-state index contributed by atoms with van der Waals surface area (Å²) in [5.74, 6) is -0.182. The van der Waals surface area contributed by atoms with Gasteiger partial charge in [-0.1, -0.05) is 23.4 Å². The molecule has 1 aromatic carbocycles. The van der Waals surface area contributed by atoms with Crippen molar-refractivity contribution in [2.45, 2.75) is 12.8 Å². The van der Waals surface area contributed by atoms with Crippen molar-refractivity contribution in [3.8, 4) is 11.4 Å². The van der Waals surface area contributed by atoms with Gasteiger partial charge in [0, 0.05) is 30.5 Å². The molecule has 3 aromatic heterocycles. The maximum absolute atomic E-state index is 12.9. The number of benzene rings is 1. The van der Waals surface area contributed by atoms with Gasteiger partial charge in [-0.25, -0.2) is 14.5 Å². The average molecular weight is 497 g/mol. The number of carbonyl (C=O) groups is 2. The minimum Gasteiger partial charge on any atom is -0.464 e. The Labute approximate surface area is 198 Å². The molecule has 1 aliphatic heterocycles. The lowest BCUT2D eigenvalue weighted by atomic mass is 10.0. The van der Waals surface area contributed by atoms with Crippen LogP contribution < -0.4 is 10.0 Å². The summed E-state index contributed by atoms with van der Waals surface area (Å²) in [6.45, 7) is 1.88. The fraction of sp³-hybridized carbons (Fsp3) is 0.190. The van der Waals surface area contributed by atoms with E-state index in [9.17, 15) is 18.0 Å². The normalized spacial score (nSPS) is 14.5. The van der Waals surface area contributed by atoms with Crippen LogP contribution in [0.4, 0.5) is 10.5 Å². The summed E-state index contributed by atoms with van der Waals surface area (Å²) in [5.41, 5.74) is 3.02. The molecular formula is C21H19N7O6S. The number of imidazole rings is 1. The summed E-state index contributed by atoms with van der Waals surface area (Å²) >= 11 is 0. The molecule has 1 saturated heterocycles. The van der Waals surface area contributed by atoms with Crippen LogP contribution in [-0.4, -0.2) is 62.4 Å². The second kappa shape index (κ2) is 8.48. The molecule has 0 atom stereocenters. The van der Waals surface area contributed by atoms with E-state index < -0.39 is 16.3 Å². The van der Waals surface area contributed by atoms with Crippen LogP contribution in [0.25, 0.3) is 17.0 Å². The number of pyridine rings is 1. The van der Waals surface area contributed by atoms with Crippen LogP contribution in [-0.2, 0) is 10.2 Å². The molecule has 5 rings (SSSR count). The van der Waals surface area contributed by atoms with Gasteiger partial charge in [0.2, 0.25) is 11.7 Å². The smallest absolute Gasteiger partial charge is 0.419 e. The molecule has 13 nitrogen and oxygen atoms in total. The Kier molecular flexibility index (Phi) is 5.45. The number of nitrogens with one attached hydrogen (secondary N) is 2. The largest absolute Gasteiger partial charge is 0.464 e. The summed E-state index contributed by atoms with van der Waals surface area (Å²) in [4.78, 5) is 32.1. The fourth-order valence-electron chi connectivity index (χ4n) is 3.67. The molecule has 1 fully saturated rings. The third-order valence-electron chi connectivity index (χ3n) is 5.59. The van der Waals surface area contributed by atoms with Crippen molar-refractivity contribution in [2.75, 3.05) is 18.4 Å². The molecule has 0 saturated carbocycles. The second-order valence-electron chi connectivity index (χ2n) is 7.94. The SMILES string of the molecule is Cc1ccc(-c2noc(C3CN(S(=O)(=O)NC(=O)O)C3)n2)cc1NC(=O)c1cnc2ccccn12. The van der Waals surface area contributed by atoms with E-state index in [1.54, 1.807) is 28.8 Å². The topological polar surface area (TPSA) is 172 Å². The Morgan fingerprint density at radius 3 is 2.77 bits per heavy atom. The lowest BCUT2D eigenvalue weighted by molar-refractivity contribution is 0.102. The standard InChI is InChI=1S/C21H19N7O6S/c1-12-5-6-13(8-15(12)23-19(29)16-9-22-17-4-2-3-7-28(16)17)18-24-20(34-25-18)14-10-27(11-14)35(32,33)26-21(30)31/h2-9,14,26H,10-11H2,1H3,(H,23,29)(H,30,31). The molecule has 0 unspecified atom stereocenters. The first-order chi connectivity index (χ1) is 16.7. The highest BCUT2D eigenvalue weighted by molar-refractivity contribution is 7.87. The highest BCUT2D eigenvalue weighted by Crippen LogP contribution is 2.30. The van der Waals surface area contributed by atoms with Crippen LogP contribution in [0.1, 0.15) is 27.9 Å². The van der Waals surface area contributed by atoms with E-state index in [2.05, 4.69) is 20.4 Å². The number of nitrogens with zero attached hydrogens (tertiary/aromatic N) is 5. The van der Waals surface area contributed by atoms with Crippen molar-refractivity contribution in [2.24, 2.45) is 0 Å². The maximum Gasteiger partial charge on any atom is 0.419 e. The monoisotopic (exact) mass is 497 g/mol. The first kappa shape index (κ1) is 22.5. The third-order valence-corrected chi connectivity index (χ3v) is 7.00. The van der Waals surface area contributed by atoms with Crippen LogP contribution in [0.5, 0.6) is 0 Å². The molecule has 4 aromatic rings. The van der Waals surface area contributed by atoms with Gasteiger partial charge in [-0.15, -0.1) is 0 Å². The molecule has 0 spiro atoms. The van der Waals surface area contributed by atoms with Crippen LogP contribution in [0, 0.1) is 6.92 Å². The predicted molar refractivity (Wildman–Crippen MR) is 122 cm³/mol. The van der Waals surface area contributed by atoms with Crippen LogP contribution in [0.2, 0.25) is 0 Å². The number of hydrogen-bond donors (Lipinski definition) is 3. The molecule has 0 bridgehead atoms. The highest BCUT2D eigenvalue weighted by atomic mass is 32.2. The van der Waals surface area contributed by atoms with E-state index in [-0.39, 0.29) is 36.6 Å². The minimum absolute atomic E-state index is 0.0127. The Bertz CT molecular complexity index is 1560. The Morgan fingerprint density at radius 1 is 1.20 bits per heavy atom. The van der Waals surface area contributed by atoms with Gasteiger partial charge in [0.25, 0.3) is 5.91 Å². The number of amides is 2. The van der Waals surface area contributed by atoms with E-state index in [4.69, 9.17) is 9.63 Å². The quantitative estimate of drug-likeness (QED) is 0.359. The van der Waals surface area contributed by atoms with Crippen LogP contribution in [0.3, 0.4) is 0 Å². The average Bonchev–Trinajstić information content (AvgIpc) is 3.40. The number of aryl methyl sites for hydroxylation is 1. The van der Waals surface area contributed by atoms with E-state index in [0.29, 0.717) is 22.6 Å². The number of rotatable bonds is 6. The molecule has 2 amide bonds. The first-order valence-electron chi connectivity index (χ1n) is 10.4. The molecule has 35 heavy (non-hydrogen) atoms. The first-order valence-corrected chi connectivity index (χ1v) is 11.8. The molecular weight excluding hydrogens is 478 g/mol. The molecule has 0 aliphatic carbocycles. The number of hydrogen-bond acceptors (Lipinski definition) is 8. The Balaban J connectivity index is 1.31. The van der Waals surface area contributed by atoms with Crippen molar-refractivity contribution >= 4 is 33.5 Å². The molecule has 1 aliphatic rings. The summed E-state index contributed by atoms with van der Waals surface area (Å²) in [5, 5.41) is 15.5. The molecule has 4 heterocycles. The van der Waals surface area contributed by atoms with Crippen LogP contribution >= 0.6 is 0 Å². The summed E-state index contributed by atoms with van der Waals surface area (Å²) in [7, 11) is -4.12. The fourth-order valence-corrected chi connectivity index (χ4v) is 4.77. The number of carbonyl (C=O) groups excluding carboxylic acids is 1. The number of aromatic nitrogens is 4. The maximum atomic E-state index is 12.9. The van der Waals surface area contributed by atoms with Crippen molar-refractivity contribution < 1.29 is 27.6 Å². The van der Waals surface area contributed by atoms with Gasteiger partial charge in [0.15, 0.2) is 0 Å². The third kappa shape index (κ3) is 4.31. The lowest BCUT2D eigenvalue weighted by Gasteiger charge is -2.34. The van der Waals surface area contributed by atoms with Gasteiger partial charge < -0.3 is 14.9 Å². The van der Waals surface area contributed by atoms with E-state index in [1.165, 1.54) is 10.9 Å². The molecule has 3 N–H and O–H groups in total. The van der Waals surface area contributed by atoms with Gasteiger partial charge in [0.05, 0.1) is 12.1 Å².